The molecule has 3 rings (SSSR count). The first-order valence-corrected chi connectivity index (χ1v) is 10.6. The number of hydrogen-bond acceptors (Lipinski definition) is 5. The molecule has 7 heteroatoms. The molecule has 1 saturated heterocycles. The molecule has 2 N–H and O–H groups in total. The van der Waals surface area contributed by atoms with Crippen molar-refractivity contribution in [3.8, 4) is 5.75 Å². The average molecular weight is 402 g/mol. The van der Waals surface area contributed by atoms with Crippen molar-refractivity contribution >= 4 is 28.8 Å². The zero-order valence-electron chi connectivity index (χ0n) is 16.1. The zero-order chi connectivity index (χ0) is 19.8. The van der Waals surface area contributed by atoms with Gasteiger partial charge in [0.1, 0.15) is 5.75 Å². The van der Waals surface area contributed by atoms with Crippen molar-refractivity contribution in [1.29, 1.82) is 0 Å². The van der Waals surface area contributed by atoms with Crippen LogP contribution in [0.2, 0.25) is 0 Å². The van der Waals surface area contributed by atoms with Gasteiger partial charge >= 0.3 is 11.8 Å². The van der Waals surface area contributed by atoms with Gasteiger partial charge < -0.3 is 20.3 Å². The van der Waals surface area contributed by atoms with Gasteiger partial charge in [0, 0.05) is 23.7 Å². The lowest BCUT2D eigenvalue weighted by Crippen LogP contribution is -2.42. The highest BCUT2D eigenvalue weighted by molar-refractivity contribution is 7.10. The summed E-state index contributed by atoms with van der Waals surface area (Å²) in [6, 6.07) is 11.3. The first-order chi connectivity index (χ1) is 13.7. The maximum Gasteiger partial charge on any atom is 0.313 e. The summed E-state index contributed by atoms with van der Waals surface area (Å²) in [4.78, 5) is 27.8. The maximum atomic E-state index is 12.0. The van der Waals surface area contributed by atoms with E-state index in [1.807, 2.05) is 18.3 Å². The molecule has 0 atom stereocenters. The summed E-state index contributed by atoms with van der Waals surface area (Å²) < 4.78 is 5.36. The van der Waals surface area contributed by atoms with Crippen LogP contribution in [-0.2, 0) is 9.59 Å². The molecule has 0 bridgehead atoms. The normalized spacial score (nSPS) is 15.2. The third-order valence-corrected chi connectivity index (χ3v) is 5.91. The molecule has 2 heterocycles. The van der Waals surface area contributed by atoms with Gasteiger partial charge in [0.05, 0.1) is 6.61 Å². The minimum Gasteiger partial charge on any atom is -0.494 e. The Morgan fingerprint density at radius 3 is 2.54 bits per heavy atom. The zero-order valence-corrected chi connectivity index (χ0v) is 17.0. The van der Waals surface area contributed by atoms with Crippen LogP contribution in [0.25, 0.3) is 0 Å². The summed E-state index contributed by atoms with van der Waals surface area (Å²) in [6.07, 6.45) is 2.29. The first kappa shape index (κ1) is 20.4. The summed E-state index contributed by atoms with van der Waals surface area (Å²) in [5, 5.41) is 7.44. The molecule has 28 heavy (non-hydrogen) atoms. The number of nitrogens with zero attached hydrogens (tertiary/aromatic N) is 1. The molecule has 1 aliphatic rings. The summed E-state index contributed by atoms with van der Waals surface area (Å²) in [6.45, 7) is 5.78. The molecule has 0 spiro atoms. The molecular weight excluding hydrogens is 374 g/mol. The van der Waals surface area contributed by atoms with Gasteiger partial charge in [-0.3, -0.25) is 9.59 Å². The lowest BCUT2D eigenvalue weighted by Gasteiger charge is -2.31. The number of thiophene rings is 1. The van der Waals surface area contributed by atoms with Crippen LogP contribution in [0, 0.1) is 0 Å². The SMILES string of the molecule is CCOc1ccc(NC(=O)C(=O)NCCN2CCC(c3cccs3)CC2)cc1. The third kappa shape index (κ3) is 5.81. The molecule has 1 aliphatic heterocycles. The maximum absolute atomic E-state index is 12.0. The van der Waals surface area contributed by atoms with Gasteiger partial charge in [-0.15, -0.1) is 11.3 Å². The van der Waals surface area contributed by atoms with Crippen molar-refractivity contribution in [3.05, 3.63) is 46.7 Å². The molecule has 150 valence electrons. The van der Waals surface area contributed by atoms with E-state index in [9.17, 15) is 9.59 Å². The van der Waals surface area contributed by atoms with Crippen molar-refractivity contribution in [1.82, 2.24) is 10.2 Å². The van der Waals surface area contributed by atoms with Crippen LogP contribution in [0.4, 0.5) is 5.69 Å². The number of nitrogens with one attached hydrogen (secondary N) is 2. The van der Waals surface area contributed by atoms with Crippen LogP contribution in [0.5, 0.6) is 5.75 Å². The largest absolute Gasteiger partial charge is 0.494 e. The highest BCUT2D eigenvalue weighted by Gasteiger charge is 2.21. The highest BCUT2D eigenvalue weighted by atomic mass is 32.1. The van der Waals surface area contributed by atoms with E-state index in [1.165, 1.54) is 4.88 Å². The molecule has 0 unspecified atom stereocenters. The van der Waals surface area contributed by atoms with E-state index in [0.717, 1.165) is 38.2 Å². The van der Waals surface area contributed by atoms with Crippen molar-refractivity contribution in [2.45, 2.75) is 25.7 Å². The highest BCUT2D eigenvalue weighted by Crippen LogP contribution is 2.30. The number of likely N-dealkylation sites (tertiary alicyclic amines) is 1. The van der Waals surface area contributed by atoms with Crippen LogP contribution < -0.4 is 15.4 Å². The fraction of sp³-hybridized carbons (Fsp3) is 0.429. The van der Waals surface area contributed by atoms with Crippen molar-refractivity contribution < 1.29 is 14.3 Å². The van der Waals surface area contributed by atoms with Gasteiger partial charge in [0.15, 0.2) is 0 Å². The molecule has 1 fully saturated rings. The second kappa shape index (κ2) is 10.2. The molecule has 1 aromatic carbocycles. The summed E-state index contributed by atoms with van der Waals surface area (Å²) in [5.41, 5.74) is 0.569. The number of anilines is 1. The van der Waals surface area contributed by atoms with E-state index in [0.29, 0.717) is 24.8 Å². The molecular formula is C21H27N3O3S. The van der Waals surface area contributed by atoms with Crippen molar-refractivity contribution in [2.75, 3.05) is 38.1 Å². The van der Waals surface area contributed by atoms with Crippen molar-refractivity contribution in [2.24, 2.45) is 0 Å². The van der Waals surface area contributed by atoms with Crippen LogP contribution >= 0.6 is 11.3 Å². The van der Waals surface area contributed by atoms with E-state index >= 15 is 0 Å². The smallest absolute Gasteiger partial charge is 0.313 e. The van der Waals surface area contributed by atoms with Crippen LogP contribution in [0.1, 0.15) is 30.6 Å². The topological polar surface area (TPSA) is 70.7 Å². The predicted molar refractivity (Wildman–Crippen MR) is 112 cm³/mol. The fourth-order valence-corrected chi connectivity index (χ4v) is 4.26. The molecule has 0 radical (unpaired) electrons. The van der Waals surface area contributed by atoms with Gasteiger partial charge in [-0.05, 0) is 74.5 Å². The molecule has 1 aromatic heterocycles. The number of amides is 2. The number of piperidine rings is 1. The van der Waals surface area contributed by atoms with Gasteiger partial charge in [-0.2, -0.15) is 0 Å². The Morgan fingerprint density at radius 1 is 1.14 bits per heavy atom. The Morgan fingerprint density at radius 2 is 1.89 bits per heavy atom. The number of benzene rings is 1. The Bertz CT molecular complexity index is 754. The Balaban J connectivity index is 1.34. The van der Waals surface area contributed by atoms with E-state index < -0.39 is 11.8 Å². The molecule has 0 aliphatic carbocycles. The summed E-state index contributed by atoms with van der Waals surface area (Å²) >= 11 is 1.83. The van der Waals surface area contributed by atoms with E-state index in [-0.39, 0.29) is 0 Å². The minimum absolute atomic E-state index is 0.471. The summed E-state index contributed by atoms with van der Waals surface area (Å²) in [7, 11) is 0. The number of carbonyl (C=O) groups is 2. The van der Waals surface area contributed by atoms with E-state index in [4.69, 9.17) is 4.74 Å². The molecule has 6 nitrogen and oxygen atoms in total. The third-order valence-electron chi connectivity index (χ3n) is 4.88. The van der Waals surface area contributed by atoms with E-state index in [2.05, 4.69) is 33.0 Å². The average Bonchev–Trinajstić information content (AvgIpc) is 3.25. The number of carbonyl (C=O) groups excluding carboxylic acids is 2. The fourth-order valence-electron chi connectivity index (χ4n) is 3.36. The van der Waals surface area contributed by atoms with Crippen LogP contribution in [0.3, 0.4) is 0 Å². The number of rotatable bonds is 7. The molecule has 0 saturated carbocycles. The van der Waals surface area contributed by atoms with E-state index in [1.54, 1.807) is 24.3 Å². The Hall–Kier alpha value is -2.38. The number of hydrogen-bond donors (Lipinski definition) is 2. The van der Waals surface area contributed by atoms with Crippen LogP contribution in [-0.4, -0.2) is 49.5 Å². The minimum atomic E-state index is -0.652. The van der Waals surface area contributed by atoms with Gasteiger partial charge in [0.2, 0.25) is 0 Å². The Kier molecular flexibility index (Phi) is 7.45. The first-order valence-electron chi connectivity index (χ1n) is 9.73. The molecule has 2 amide bonds. The predicted octanol–water partition coefficient (Wildman–Crippen LogP) is 3.08. The monoisotopic (exact) mass is 401 g/mol. The lowest BCUT2D eigenvalue weighted by atomic mass is 9.95. The van der Waals surface area contributed by atoms with Gasteiger partial charge in [-0.25, -0.2) is 0 Å². The second-order valence-electron chi connectivity index (χ2n) is 6.80. The summed E-state index contributed by atoms with van der Waals surface area (Å²) in [5.74, 6) is 0.126. The Labute approximate surface area is 169 Å². The van der Waals surface area contributed by atoms with Gasteiger partial charge in [-0.1, -0.05) is 6.07 Å². The van der Waals surface area contributed by atoms with Crippen LogP contribution in [0.15, 0.2) is 41.8 Å². The van der Waals surface area contributed by atoms with Gasteiger partial charge in [0.25, 0.3) is 0 Å². The van der Waals surface area contributed by atoms with Crippen molar-refractivity contribution in [3.63, 3.8) is 0 Å². The molecule has 2 aromatic rings. The lowest BCUT2D eigenvalue weighted by molar-refractivity contribution is -0.136. The number of ether oxygens (including phenoxy) is 1. The quantitative estimate of drug-likeness (QED) is 0.700. The second-order valence-corrected chi connectivity index (χ2v) is 7.78. The standard InChI is InChI=1S/C21H27N3O3S/c1-2-27-18-7-5-17(6-8-18)23-21(26)20(25)22-11-14-24-12-9-16(10-13-24)19-4-3-15-28-19/h3-8,15-16H,2,9-14H2,1H3,(H,22,25)(H,23,26).